The molecule has 1 heterocycles. The molecule has 8 heteroatoms. The van der Waals surface area contributed by atoms with Gasteiger partial charge in [-0.1, -0.05) is 18.2 Å². The molecule has 26 heavy (non-hydrogen) atoms. The summed E-state index contributed by atoms with van der Waals surface area (Å²) in [5.74, 6) is -0.559. The number of hydrogen-bond donors (Lipinski definition) is 4. The third kappa shape index (κ3) is 3.68. The highest BCUT2D eigenvalue weighted by atomic mass is 16.3. The summed E-state index contributed by atoms with van der Waals surface area (Å²) < 4.78 is 5.52. The zero-order valence-electron chi connectivity index (χ0n) is 13.5. The van der Waals surface area contributed by atoms with Crippen LogP contribution >= 0.6 is 0 Å². The smallest absolute Gasteiger partial charge is 0.291 e. The molecule has 1 amide bonds. The molecule has 0 aliphatic carbocycles. The number of nitrogens with one attached hydrogen (secondary N) is 3. The van der Waals surface area contributed by atoms with E-state index < -0.39 is 5.84 Å². The van der Waals surface area contributed by atoms with Crippen LogP contribution in [0.15, 0.2) is 64.1 Å². The van der Waals surface area contributed by atoms with E-state index in [1.165, 1.54) is 0 Å². The zero-order chi connectivity index (χ0) is 18.5. The fourth-order valence-electron chi connectivity index (χ4n) is 2.18. The number of amides is 1. The molecule has 128 valence electrons. The molecule has 8 nitrogen and oxygen atoms in total. The number of anilines is 2. The molecule has 3 rings (SSSR count). The Bertz CT molecular complexity index is 1010. The van der Waals surface area contributed by atoms with Gasteiger partial charge >= 0.3 is 0 Å². The number of rotatable bonds is 5. The van der Waals surface area contributed by atoms with Gasteiger partial charge in [-0.25, -0.2) is 0 Å². The molecule has 0 radical (unpaired) electrons. The lowest BCUT2D eigenvalue weighted by Gasteiger charge is -2.05. The van der Waals surface area contributed by atoms with Crippen LogP contribution in [0.1, 0.15) is 10.6 Å². The van der Waals surface area contributed by atoms with Crippen molar-refractivity contribution in [2.24, 2.45) is 10.8 Å². The number of carbonyl (C=O) groups excluding carboxylic acids is 1. The van der Waals surface area contributed by atoms with Crippen molar-refractivity contribution in [1.82, 2.24) is 0 Å². The molecule has 0 aliphatic rings. The molecule has 0 spiro atoms. The van der Waals surface area contributed by atoms with Gasteiger partial charge in [0.05, 0.1) is 5.69 Å². The number of hydrazone groups is 1. The van der Waals surface area contributed by atoms with Crippen LogP contribution in [-0.4, -0.2) is 17.5 Å². The Kier molecular flexibility index (Phi) is 4.63. The van der Waals surface area contributed by atoms with E-state index in [1.54, 1.807) is 42.5 Å². The molecule has 0 fully saturated rings. The van der Waals surface area contributed by atoms with E-state index in [1.807, 2.05) is 18.2 Å². The molecule has 0 aliphatic heterocycles. The molecule has 1 aromatic heterocycles. The molecule has 0 bridgehead atoms. The summed E-state index contributed by atoms with van der Waals surface area (Å²) in [6, 6.07) is 17.4. The van der Waals surface area contributed by atoms with E-state index in [0.29, 0.717) is 17.0 Å². The fraction of sp³-hybridized carbons (Fsp3) is 0. The van der Waals surface area contributed by atoms with Crippen molar-refractivity contribution in [2.75, 3.05) is 10.7 Å². The Hall–Kier alpha value is -4.12. The number of nitriles is 1. The van der Waals surface area contributed by atoms with E-state index >= 15 is 0 Å². The van der Waals surface area contributed by atoms with Crippen molar-refractivity contribution >= 4 is 39.8 Å². The molecule has 3 aromatic rings. The molecular weight excluding hydrogens is 332 g/mol. The predicted octanol–water partition coefficient (Wildman–Crippen LogP) is 2.91. The number of benzene rings is 2. The minimum atomic E-state index is -0.422. The van der Waals surface area contributed by atoms with E-state index in [4.69, 9.17) is 20.8 Å². The highest BCUT2D eigenvalue weighted by molar-refractivity contribution is 6.45. The first kappa shape index (κ1) is 16.7. The van der Waals surface area contributed by atoms with Crippen molar-refractivity contribution in [3.8, 4) is 6.07 Å². The Morgan fingerprint density at radius 2 is 1.85 bits per heavy atom. The lowest BCUT2D eigenvalue weighted by atomic mass is 10.2. The zero-order valence-corrected chi connectivity index (χ0v) is 13.5. The van der Waals surface area contributed by atoms with E-state index in [0.717, 1.165) is 5.39 Å². The van der Waals surface area contributed by atoms with E-state index in [-0.39, 0.29) is 17.4 Å². The fourth-order valence-corrected chi connectivity index (χ4v) is 2.18. The van der Waals surface area contributed by atoms with Crippen LogP contribution in [0.2, 0.25) is 0 Å². The van der Waals surface area contributed by atoms with Gasteiger partial charge in [0.25, 0.3) is 5.91 Å². The van der Waals surface area contributed by atoms with Crippen LogP contribution in [0.25, 0.3) is 11.0 Å². The Morgan fingerprint density at radius 1 is 1.15 bits per heavy atom. The second kappa shape index (κ2) is 7.19. The summed E-state index contributed by atoms with van der Waals surface area (Å²) in [5.41, 5.74) is 9.40. The molecule has 0 saturated heterocycles. The molecule has 0 atom stereocenters. The third-order valence-electron chi connectivity index (χ3n) is 3.45. The van der Waals surface area contributed by atoms with Crippen molar-refractivity contribution < 1.29 is 9.21 Å². The minimum Gasteiger partial charge on any atom is -0.451 e. The number of furan rings is 1. The summed E-state index contributed by atoms with van der Waals surface area (Å²) in [5, 5.41) is 23.3. The van der Waals surface area contributed by atoms with Crippen LogP contribution in [0, 0.1) is 16.7 Å². The van der Waals surface area contributed by atoms with Gasteiger partial charge in [0.1, 0.15) is 11.7 Å². The molecule has 0 unspecified atom stereocenters. The highest BCUT2D eigenvalue weighted by Gasteiger charge is 2.12. The number of fused-ring (bicyclic) bond motifs is 1. The maximum Gasteiger partial charge on any atom is 0.291 e. The largest absolute Gasteiger partial charge is 0.451 e. The van der Waals surface area contributed by atoms with Crippen molar-refractivity contribution in [3.05, 3.63) is 60.4 Å². The van der Waals surface area contributed by atoms with Gasteiger partial charge in [-0.15, -0.1) is 0 Å². The van der Waals surface area contributed by atoms with Crippen molar-refractivity contribution in [2.45, 2.75) is 0 Å². The predicted molar refractivity (Wildman–Crippen MR) is 99.2 cm³/mol. The average molecular weight is 346 g/mol. The Balaban J connectivity index is 1.68. The van der Waals surface area contributed by atoms with Crippen LogP contribution in [0.3, 0.4) is 0 Å². The number of para-hydroxylation sites is 1. The van der Waals surface area contributed by atoms with Gasteiger partial charge < -0.3 is 15.5 Å². The molecule has 2 aromatic carbocycles. The topological polar surface area (TPSA) is 140 Å². The standard InChI is InChI=1S/C18H14N6O2/c19-10-14(17(20)21)24-23-13-7-5-12(6-8-13)22-18(25)16-9-11-3-1-2-4-15(11)26-16/h1-9,23H,(H3,20,21)(H,22,25)/b24-14+. The summed E-state index contributed by atoms with van der Waals surface area (Å²) in [6.45, 7) is 0. The second-order valence-electron chi connectivity index (χ2n) is 5.28. The number of hydrogen-bond acceptors (Lipinski definition) is 6. The third-order valence-corrected chi connectivity index (χ3v) is 3.45. The highest BCUT2D eigenvalue weighted by Crippen LogP contribution is 2.20. The summed E-state index contributed by atoms with van der Waals surface area (Å²) in [4.78, 5) is 12.3. The van der Waals surface area contributed by atoms with Gasteiger partial charge in [0.15, 0.2) is 11.6 Å². The monoisotopic (exact) mass is 346 g/mol. The van der Waals surface area contributed by atoms with Gasteiger partial charge in [0.2, 0.25) is 5.71 Å². The van der Waals surface area contributed by atoms with E-state index in [9.17, 15) is 4.79 Å². The SMILES string of the molecule is N#C/C(=N\Nc1ccc(NC(=O)c2cc3ccccc3o2)cc1)C(=N)N. The van der Waals surface area contributed by atoms with E-state index in [2.05, 4.69) is 15.8 Å². The Labute approximate surface area is 148 Å². The summed E-state index contributed by atoms with van der Waals surface area (Å²) in [6.07, 6.45) is 0. The lowest BCUT2D eigenvalue weighted by Crippen LogP contribution is -2.21. The van der Waals surface area contributed by atoms with Gasteiger partial charge in [-0.2, -0.15) is 10.4 Å². The summed E-state index contributed by atoms with van der Waals surface area (Å²) >= 11 is 0. The normalized spacial score (nSPS) is 11.0. The lowest BCUT2D eigenvalue weighted by molar-refractivity contribution is 0.0998. The number of amidine groups is 1. The number of nitrogens with zero attached hydrogens (tertiary/aromatic N) is 2. The van der Waals surface area contributed by atoms with Crippen LogP contribution in [0.5, 0.6) is 0 Å². The quantitative estimate of drug-likeness (QED) is 0.319. The van der Waals surface area contributed by atoms with Crippen LogP contribution < -0.4 is 16.5 Å². The minimum absolute atomic E-state index is 0.215. The van der Waals surface area contributed by atoms with Crippen molar-refractivity contribution in [3.63, 3.8) is 0 Å². The van der Waals surface area contributed by atoms with Gasteiger partial charge in [-0.3, -0.25) is 15.6 Å². The molecular formula is C18H14N6O2. The first-order valence-corrected chi connectivity index (χ1v) is 7.55. The molecule has 5 N–H and O–H groups in total. The van der Waals surface area contributed by atoms with Crippen LogP contribution in [-0.2, 0) is 0 Å². The summed E-state index contributed by atoms with van der Waals surface area (Å²) in [7, 11) is 0. The van der Waals surface area contributed by atoms with Gasteiger partial charge in [-0.05, 0) is 36.4 Å². The number of carbonyl (C=O) groups is 1. The average Bonchev–Trinajstić information content (AvgIpc) is 3.07. The first-order chi connectivity index (χ1) is 12.6. The number of nitrogens with two attached hydrogens (primary N) is 1. The maximum absolute atomic E-state index is 12.3. The molecule has 0 saturated carbocycles. The van der Waals surface area contributed by atoms with Gasteiger partial charge in [0, 0.05) is 11.1 Å². The maximum atomic E-state index is 12.3. The first-order valence-electron chi connectivity index (χ1n) is 7.55. The second-order valence-corrected chi connectivity index (χ2v) is 5.28. The van der Waals surface area contributed by atoms with Crippen LogP contribution in [0.4, 0.5) is 11.4 Å². The van der Waals surface area contributed by atoms with Crippen molar-refractivity contribution in [1.29, 1.82) is 10.7 Å². The Morgan fingerprint density at radius 3 is 2.50 bits per heavy atom.